The fourth-order valence-corrected chi connectivity index (χ4v) is 14.0. The molecule has 0 aliphatic heterocycles. The van der Waals surface area contributed by atoms with Crippen molar-refractivity contribution in [3.8, 4) is 62.1 Å². The predicted octanol–water partition coefficient (Wildman–Crippen LogP) is 15.7. The van der Waals surface area contributed by atoms with Crippen molar-refractivity contribution in [2.75, 3.05) is 0 Å². The third-order valence-electron chi connectivity index (χ3n) is 14.2. The SMILES string of the molecule is [2H]c1c([2H])c([2H])c(-c2cccc(-c3c([2H])c([2H])c([2H])c([2H])c3[2H])c2-[n+]2[c-]n(-c3cccc(Oc4ccc5c6ccccc6n(-c6cc(C(C)(C)C)ccn6)c5c4)c3)c3cc(-c4c([2H])c([2H])c([2H])c([Si](c5c([2H])c([2H])c([2H])c([2H])c5[2H])(c5c([2H])c([2H])c([2H])c([2H])c5[2H])c5c([2H])c([2H])c([2H])c([2H])c5[2H])c4[2H])ccc32)c([2H])c1[2H]. The summed E-state index contributed by atoms with van der Waals surface area (Å²) >= 11 is 0. The van der Waals surface area contributed by atoms with Gasteiger partial charge in [-0.3, -0.25) is 13.7 Å². The van der Waals surface area contributed by atoms with E-state index in [1.807, 2.05) is 53.1 Å². The summed E-state index contributed by atoms with van der Waals surface area (Å²) in [6, 6.07) is 2.84. The van der Waals surface area contributed by atoms with Gasteiger partial charge in [0.2, 0.25) is 0 Å². The lowest BCUT2D eigenvalue weighted by Gasteiger charge is -2.34. The van der Waals surface area contributed by atoms with Crippen molar-refractivity contribution in [2.45, 2.75) is 26.2 Å². The van der Waals surface area contributed by atoms with Crippen LogP contribution in [0.15, 0.2) is 297 Å². The fourth-order valence-electron chi connectivity index (χ4n) is 10.4. The van der Waals surface area contributed by atoms with E-state index in [2.05, 4.69) is 27.1 Å². The Hall–Kier alpha value is -10.1. The van der Waals surface area contributed by atoms with Crippen molar-refractivity contribution in [3.05, 3.63) is 309 Å². The summed E-state index contributed by atoms with van der Waals surface area (Å²) in [5, 5.41) is -2.41. The molecule has 3 aromatic heterocycles. The number of aromatic nitrogens is 4. The third kappa shape index (κ3) is 8.90. The molecule has 0 amide bonds. The van der Waals surface area contributed by atoms with E-state index < -0.39 is 221 Å². The van der Waals surface area contributed by atoms with Gasteiger partial charge < -0.3 is 4.74 Å². The molecule has 0 saturated heterocycles. The Kier molecular flexibility index (Phi) is 7.07. The Labute approximate surface area is 520 Å². The zero-order chi connectivity index (χ0) is 80.4. The number of benzene rings is 11. The molecule has 0 atom stereocenters. The Morgan fingerprint density at radius 1 is 0.476 bits per heavy atom. The monoisotopic (exact) mass is 1100 g/mol. The molecule has 5 nitrogen and oxygen atoms in total. The highest BCUT2D eigenvalue weighted by Gasteiger charge is 2.41. The molecule has 0 spiro atoms. The number of fused-ring (bicyclic) bond motifs is 4. The molecule has 392 valence electrons. The highest BCUT2D eigenvalue weighted by molar-refractivity contribution is 7.19. The summed E-state index contributed by atoms with van der Waals surface area (Å²) in [5.74, 6) is 1.16. The van der Waals surface area contributed by atoms with Crippen molar-refractivity contribution in [1.29, 1.82) is 0 Å². The minimum Gasteiger partial charge on any atom is -0.458 e. The van der Waals surface area contributed by atoms with Gasteiger partial charge in [-0.25, -0.2) is 4.98 Å². The molecule has 0 bridgehead atoms. The topological polar surface area (TPSA) is 35.9 Å². The first-order valence-electron chi connectivity index (χ1n) is 40.2. The van der Waals surface area contributed by atoms with Crippen LogP contribution in [0.4, 0.5) is 0 Å². The Morgan fingerprint density at radius 2 is 1.05 bits per heavy atom. The lowest BCUT2D eigenvalue weighted by Crippen LogP contribution is -2.74. The minimum absolute atomic E-state index is 0.00327. The quantitative estimate of drug-likeness (QED) is 0.0529. The van der Waals surface area contributed by atoms with Gasteiger partial charge in [0, 0.05) is 23.0 Å². The number of rotatable bonds is 12. The number of imidazole rings is 1. The molecular formula is C76H58N4OSi. The predicted molar refractivity (Wildman–Crippen MR) is 341 cm³/mol. The van der Waals surface area contributed by atoms with Crippen molar-refractivity contribution in [3.63, 3.8) is 0 Å². The number of pyridine rings is 1. The molecule has 82 heavy (non-hydrogen) atoms. The number of nitrogens with zero attached hydrogens (tertiary/aromatic N) is 4. The molecule has 3 heterocycles. The fraction of sp³-hybridized carbons (Fsp3) is 0.0526. The summed E-state index contributed by atoms with van der Waals surface area (Å²) in [5.41, 5.74) is 0.212. The summed E-state index contributed by atoms with van der Waals surface area (Å²) in [4.78, 5) is 4.82. The van der Waals surface area contributed by atoms with Crippen LogP contribution in [-0.2, 0) is 5.41 Å². The van der Waals surface area contributed by atoms with E-state index in [1.165, 1.54) is 45.5 Å². The van der Waals surface area contributed by atoms with Crippen LogP contribution in [0.3, 0.4) is 0 Å². The summed E-state index contributed by atoms with van der Waals surface area (Å²) < 4.78 is 281. The Bertz CT molecular complexity index is 6050. The lowest BCUT2D eigenvalue weighted by atomic mass is 9.88. The summed E-state index contributed by atoms with van der Waals surface area (Å²) in [6.07, 6.45) is 5.06. The number of ether oxygens (including phenoxy) is 1. The van der Waals surface area contributed by atoms with Gasteiger partial charge in [0.1, 0.15) is 17.3 Å². The maximum absolute atomic E-state index is 10.7. The second kappa shape index (κ2) is 20.8. The zero-order valence-corrected chi connectivity index (χ0v) is 44.7. The molecule has 0 aliphatic rings. The van der Waals surface area contributed by atoms with Crippen molar-refractivity contribution < 1.29 is 49.1 Å². The van der Waals surface area contributed by atoms with Gasteiger partial charge in [-0.2, -0.15) is 0 Å². The molecular weight excluding hydrogens is 1010 g/mol. The maximum atomic E-state index is 10.7. The van der Waals surface area contributed by atoms with Crippen LogP contribution in [-0.4, -0.2) is 22.2 Å². The average Bonchev–Trinajstić information content (AvgIpc) is 1.26. The van der Waals surface area contributed by atoms with Gasteiger partial charge in [-0.1, -0.05) is 251 Å². The maximum Gasteiger partial charge on any atom is 0.269 e. The summed E-state index contributed by atoms with van der Waals surface area (Å²) in [7, 11) is -6.35. The minimum atomic E-state index is -6.35. The van der Waals surface area contributed by atoms with E-state index in [1.54, 1.807) is 36.5 Å². The first-order chi connectivity index (χ1) is 52.3. The highest BCUT2D eigenvalue weighted by atomic mass is 28.3. The highest BCUT2D eigenvalue weighted by Crippen LogP contribution is 2.38. The van der Waals surface area contributed by atoms with Gasteiger partial charge in [0.15, 0.2) is 8.07 Å². The van der Waals surface area contributed by atoms with E-state index >= 15 is 0 Å². The van der Waals surface area contributed by atoms with E-state index in [4.69, 9.17) is 30.3 Å². The van der Waals surface area contributed by atoms with Crippen LogP contribution in [0.1, 0.15) is 66.1 Å². The van der Waals surface area contributed by atoms with Gasteiger partial charge in [0.25, 0.3) is 6.33 Å². The number of hydrogen-bond donors (Lipinski definition) is 0. The molecule has 11 aromatic carbocycles. The van der Waals surface area contributed by atoms with E-state index in [0.29, 0.717) is 11.6 Å². The van der Waals surface area contributed by atoms with Crippen molar-refractivity contribution in [2.24, 2.45) is 0 Å². The molecule has 0 radical (unpaired) electrons. The molecule has 0 N–H and O–H groups in total. The second-order valence-corrected chi connectivity index (χ2v) is 23.5. The Balaban J connectivity index is 1.11. The molecule has 0 saturated carbocycles. The van der Waals surface area contributed by atoms with Crippen LogP contribution in [0.2, 0.25) is 0 Å². The Morgan fingerprint density at radius 3 is 1.70 bits per heavy atom. The van der Waals surface area contributed by atoms with Gasteiger partial charge in [-0.15, -0.1) is 0 Å². The van der Waals surface area contributed by atoms with Gasteiger partial charge >= 0.3 is 0 Å². The van der Waals surface area contributed by atoms with Crippen LogP contribution in [0.25, 0.3) is 83.4 Å². The molecule has 0 aliphatic carbocycles. The van der Waals surface area contributed by atoms with Gasteiger partial charge in [-0.05, 0) is 120 Å². The normalized spacial score (nSPS) is 16.8. The smallest absolute Gasteiger partial charge is 0.269 e. The van der Waals surface area contributed by atoms with E-state index in [-0.39, 0.29) is 50.3 Å². The lowest BCUT2D eigenvalue weighted by molar-refractivity contribution is -0.571. The van der Waals surface area contributed by atoms with Crippen LogP contribution < -0.4 is 30.1 Å². The van der Waals surface area contributed by atoms with E-state index in [0.717, 1.165) is 27.4 Å². The van der Waals surface area contributed by atoms with Crippen LogP contribution in [0.5, 0.6) is 11.5 Å². The van der Waals surface area contributed by atoms with Gasteiger partial charge in [0.05, 0.1) is 73.2 Å². The number of hydrogen-bond acceptors (Lipinski definition) is 2. The molecule has 0 unspecified atom stereocenters. The molecule has 6 heteroatoms. The average molecular weight is 1100 g/mol. The standard InChI is InChI=1S/C76H58N4OSi/c1-76(2,3)58-46-47-77-74(50-58)80-70-41-20-19-38-68(70)69-44-43-61(52-72(69)80)81-60-30-22-29-59(51-60)78-53-79(75-66(54-24-9-4-10-25-54)39-23-40-67(75)55-26-11-5-12-27-55)71-45-42-57(49-73(71)78)56-28-21-37-65(48-56)82(62-31-13-6-14-32-62,63-33-15-7-16-34-63)64-35-17-8-18-36-64/h4-52H,1-3H3/i4D,5D,6D,7D,8D,9D,10D,11D,12D,13D,14D,15D,16D,17D,18D,21D,24D,25D,26D,27D,28D,31D,32D,33D,34D,35D,36D,37D,48D. The first-order valence-corrected chi connectivity index (χ1v) is 27.7. The first kappa shape index (κ1) is 27.8. The summed E-state index contributed by atoms with van der Waals surface area (Å²) in [6.45, 7) is 6.29. The van der Waals surface area contributed by atoms with Crippen molar-refractivity contribution in [1.82, 2.24) is 14.1 Å². The zero-order valence-electron chi connectivity index (χ0n) is 72.7. The molecule has 0 fully saturated rings. The van der Waals surface area contributed by atoms with Crippen molar-refractivity contribution >= 4 is 61.7 Å². The van der Waals surface area contributed by atoms with Crippen LogP contribution in [0, 0.1) is 6.33 Å². The number of para-hydroxylation sites is 2. The van der Waals surface area contributed by atoms with E-state index in [9.17, 15) is 19.2 Å². The largest absolute Gasteiger partial charge is 0.458 e. The second-order valence-electron chi connectivity index (χ2n) is 20.0. The van der Waals surface area contributed by atoms with Crippen LogP contribution >= 0.6 is 0 Å². The third-order valence-corrected chi connectivity index (χ3v) is 18.2. The molecule has 14 rings (SSSR count). The molecule has 14 aromatic rings.